The molecule has 1 atom stereocenters. The highest BCUT2D eigenvalue weighted by atomic mass is 16.5. The predicted molar refractivity (Wildman–Crippen MR) is 77.3 cm³/mol. The van der Waals surface area contributed by atoms with E-state index >= 15 is 0 Å². The molecule has 1 aromatic rings. The van der Waals surface area contributed by atoms with Crippen LogP contribution in [-0.2, 0) is 11.2 Å². The second-order valence-electron chi connectivity index (χ2n) is 5.05. The number of anilines is 2. The molecule has 1 aliphatic heterocycles. The number of nitrogens with one attached hydrogen (secondary N) is 1. The van der Waals surface area contributed by atoms with Crippen LogP contribution in [0.3, 0.4) is 0 Å². The van der Waals surface area contributed by atoms with E-state index in [1.54, 1.807) is 0 Å². The zero-order valence-corrected chi connectivity index (χ0v) is 11.9. The lowest BCUT2D eigenvalue weighted by Crippen LogP contribution is -2.22. The maximum absolute atomic E-state index is 5.72. The Kier molecular flexibility index (Phi) is 4.96. The zero-order valence-electron chi connectivity index (χ0n) is 11.9. The van der Waals surface area contributed by atoms with Crippen LogP contribution in [0.25, 0.3) is 0 Å². The van der Waals surface area contributed by atoms with Crippen LogP contribution in [0.1, 0.15) is 43.9 Å². The fourth-order valence-electron chi connectivity index (χ4n) is 2.57. The minimum absolute atomic E-state index is 0.339. The SMILES string of the molecule is CCc1c(C)nc(N)nc1NCCC1CCCCO1. The van der Waals surface area contributed by atoms with Gasteiger partial charge in [-0.2, -0.15) is 4.98 Å². The van der Waals surface area contributed by atoms with Crippen LogP contribution in [0.15, 0.2) is 0 Å². The van der Waals surface area contributed by atoms with Crippen LogP contribution >= 0.6 is 0 Å². The predicted octanol–water partition coefficient (Wildman–Crippen LogP) is 2.30. The van der Waals surface area contributed by atoms with Crippen molar-refractivity contribution in [1.82, 2.24) is 9.97 Å². The molecular formula is C14H24N4O. The van der Waals surface area contributed by atoms with Crippen LogP contribution < -0.4 is 11.1 Å². The highest BCUT2D eigenvalue weighted by molar-refractivity contribution is 5.49. The first kappa shape index (κ1) is 14.1. The molecule has 1 unspecified atom stereocenters. The van der Waals surface area contributed by atoms with Crippen molar-refractivity contribution in [2.24, 2.45) is 0 Å². The zero-order chi connectivity index (χ0) is 13.7. The number of aromatic nitrogens is 2. The van der Waals surface area contributed by atoms with E-state index in [-0.39, 0.29) is 0 Å². The smallest absolute Gasteiger partial charge is 0.222 e. The molecule has 0 amide bonds. The van der Waals surface area contributed by atoms with Gasteiger partial charge in [0.25, 0.3) is 0 Å². The van der Waals surface area contributed by atoms with Gasteiger partial charge in [-0.05, 0) is 39.0 Å². The lowest BCUT2D eigenvalue weighted by Gasteiger charge is -2.23. The highest BCUT2D eigenvalue weighted by Crippen LogP contribution is 2.19. The third kappa shape index (κ3) is 3.80. The first-order chi connectivity index (χ1) is 9.20. The van der Waals surface area contributed by atoms with Gasteiger partial charge in [-0.1, -0.05) is 6.92 Å². The summed E-state index contributed by atoms with van der Waals surface area (Å²) in [6.07, 6.45) is 5.98. The second-order valence-corrected chi connectivity index (χ2v) is 5.05. The summed E-state index contributed by atoms with van der Waals surface area (Å²) in [5.41, 5.74) is 7.83. The van der Waals surface area contributed by atoms with E-state index in [4.69, 9.17) is 10.5 Å². The van der Waals surface area contributed by atoms with Gasteiger partial charge in [-0.25, -0.2) is 4.98 Å². The van der Waals surface area contributed by atoms with Crippen LogP contribution in [0.4, 0.5) is 11.8 Å². The molecule has 1 fully saturated rings. The summed E-state index contributed by atoms with van der Waals surface area (Å²) in [5.74, 6) is 1.22. The van der Waals surface area contributed by atoms with Crippen molar-refractivity contribution >= 4 is 11.8 Å². The Morgan fingerprint density at radius 3 is 2.89 bits per heavy atom. The molecule has 0 radical (unpaired) electrons. The standard InChI is InChI=1S/C14H24N4O/c1-3-12-10(2)17-14(15)18-13(12)16-8-7-11-6-4-5-9-19-11/h11H,3-9H2,1-2H3,(H3,15,16,17,18). The molecule has 1 saturated heterocycles. The highest BCUT2D eigenvalue weighted by Gasteiger charge is 2.14. The summed E-state index contributed by atoms with van der Waals surface area (Å²) in [5, 5.41) is 3.38. The maximum atomic E-state index is 5.72. The number of nitrogens with two attached hydrogens (primary N) is 1. The van der Waals surface area contributed by atoms with Crippen LogP contribution in [0.2, 0.25) is 0 Å². The molecule has 0 aliphatic carbocycles. The Bertz CT molecular complexity index is 416. The van der Waals surface area contributed by atoms with Gasteiger partial charge in [-0.15, -0.1) is 0 Å². The Morgan fingerprint density at radius 1 is 1.37 bits per heavy atom. The molecule has 3 N–H and O–H groups in total. The monoisotopic (exact) mass is 264 g/mol. The number of aryl methyl sites for hydroxylation is 1. The van der Waals surface area contributed by atoms with Crippen LogP contribution in [0, 0.1) is 6.92 Å². The van der Waals surface area contributed by atoms with Gasteiger partial charge in [0.1, 0.15) is 5.82 Å². The minimum atomic E-state index is 0.339. The summed E-state index contributed by atoms with van der Waals surface area (Å²) >= 11 is 0. The molecule has 1 aliphatic rings. The summed E-state index contributed by atoms with van der Waals surface area (Å²) in [4.78, 5) is 8.51. The van der Waals surface area contributed by atoms with Crippen molar-refractivity contribution in [3.05, 3.63) is 11.3 Å². The molecule has 0 spiro atoms. The molecule has 1 aromatic heterocycles. The van der Waals surface area contributed by atoms with Crippen LogP contribution in [-0.4, -0.2) is 29.2 Å². The molecule has 5 nitrogen and oxygen atoms in total. The molecule has 5 heteroatoms. The largest absolute Gasteiger partial charge is 0.378 e. The molecule has 19 heavy (non-hydrogen) atoms. The third-order valence-electron chi connectivity index (χ3n) is 3.62. The van der Waals surface area contributed by atoms with Crippen molar-refractivity contribution in [3.63, 3.8) is 0 Å². The van der Waals surface area contributed by atoms with Crippen molar-refractivity contribution in [1.29, 1.82) is 0 Å². The van der Waals surface area contributed by atoms with Gasteiger partial charge in [0, 0.05) is 24.4 Å². The normalized spacial score (nSPS) is 19.4. The number of rotatable bonds is 5. The Hall–Kier alpha value is -1.36. The molecule has 0 bridgehead atoms. The number of nitrogens with zero attached hydrogens (tertiary/aromatic N) is 2. The Morgan fingerprint density at radius 2 is 2.21 bits per heavy atom. The van der Waals surface area contributed by atoms with Crippen molar-refractivity contribution in [3.8, 4) is 0 Å². The van der Waals surface area contributed by atoms with Gasteiger partial charge < -0.3 is 15.8 Å². The number of nitrogen functional groups attached to an aromatic ring is 1. The van der Waals surface area contributed by atoms with Crippen molar-refractivity contribution in [2.75, 3.05) is 24.2 Å². The maximum Gasteiger partial charge on any atom is 0.222 e. The fourth-order valence-corrected chi connectivity index (χ4v) is 2.57. The van der Waals surface area contributed by atoms with Gasteiger partial charge in [-0.3, -0.25) is 0 Å². The van der Waals surface area contributed by atoms with E-state index in [1.807, 2.05) is 6.92 Å². The summed E-state index contributed by atoms with van der Waals surface area (Å²) < 4.78 is 5.72. The van der Waals surface area contributed by atoms with Crippen molar-refractivity contribution in [2.45, 2.75) is 52.1 Å². The summed E-state index contributed by atoms with van der Waals surface area (Å²) in [6, 6.07) is 0. The van der Waals surface area contributed by atoms with E-state index < -0.39 is 0 Å². The second kappa shape index (κ2) is 6.70. The summed E-state index contributed by atoms with van der Waals surface area (Å²) in [6.45, 7) is 5.86. The van der Waals surface area contributed by atoms with E-state index in [9.17, 15) is 0 Å². The third-order valence-corrected chi connectivity index (χ3v) is 3.62. The number of hydrogen-bond acceptors (Lipinski definition) is 5. The molecule has 0 saturated carbocycles. The van der Waals surface area contributed by atoms with Gasteiger partial charge >= 0.3 is 0 Å². The molecule has 106 valence electrons. The van der Waals surface area contributed by atoms with Crippen molar-refractivity contribution < 1.29 is 4.74 Å². The topological polar surface area (TPSA) is 73.1 Å². The Labute approximate surface area is 115 Å². The average molecular weight is 264 g/mol. The molecular weight excluding hydrogens is 240 g/mol. The van der Waals surface area contributed by atoms with Crippen LogP contribution in [0.5, 0.6) is 0 Å². The Balaban J connectivity index is 1.91. The van der Waals surface area contributed by atoms with E-state index in [0.29, 0.717) is 12.1 Å². The van der Waals surface area contributed by atoms with E-state index in [2.05, 4.69) is 22.2 Å². The lowest BCUT2D eigenvalue weighted by molar-refractivity contribution is 0.0134. The van der Waals surface area contributed by atoms with Gasteiger partial charge in [0.2, 0.25) is 5.95 Å². The van der Waals surface area contributed by atoms with E-state index in [1.165, 1.54) is 19.3 Å². The first-order valence-corrected chi connectivity index (χ1v) is 7.19. The molecule has 0 aromatic carbocycles. The van der Waals surface area contributed by atoms with Gasteiger partial charge in [0.15, 0.2) is 0 Å². The average Bonchev–Trinajstić information content (AvgIpc) is 2.39. The lowest BCUT2D eigenvalue weighted by atomic mass is 10.1. The van der Waals surface area contributed by atoms with Gasteiger partial charge in [0.05, 0.1) is 6.10 Å². The number of ether oxygens (including phenoxy) is 1. The number of hydrogen-bond donors (Lipinski definition) is 2. The van der Waals surface area contributed by atoms with E-state index in [0.717, 1.165) is 43.1 Å². The summed E-state index contributed by atoms with van der Waals surface area (Å²) in [7, 11) is 0. The first-order valence-electron chi connectivity index (χ1n) is 7.19. The molecule has 2 rings (SSSR count). The minimum Gasteiger partial charge on any atom is -0.378 e. The quantitative estimate of drug-likeness (QED) is 0.853. The fraction of sp³-hybridized carbons (Fsp3) is 0.714. The molecule has 2 heterocycles.